The van der Waals surface area contributed by atoms with Crippen molar-refractivity contribution >= 4 is 23.9 Å². The van der Waals surface area contributed by atoms with Gasteiger partial charge in [0.1, 0.15) is 12.1 Å². The predicted molar refractivity (Wildman–Crippen MR) is 201 cm³/mol. The van der Waals surface area contributed by atoms with Gasteiger partial charge in [-0.05, 0) is 53.7 Å². The maximum Gasteiger partial charge on any atom is 0.405 e. The number of aliphatic hydroxyl groups excluding tert-OH is 1. The van der Waals surface area contributed by atoms with Gasteiger partial charge < -0.3 is 30.6 Å². The zero-order valence-electron chi connectivity index (χ0n) is 32.7. The monoisotopic (exact) mass is 723 g/mol. The van der Waals surface area contributed by atoms with Crippen LogP contribution in [0.25, 0.3) is 0 Å². The van der Waals surface area contributed by atoms with E-state index in [9.17, 15) is 29.4 Å². The SMILES string of the molecule is Cc1cccc(CN2CCN([C@H](C(=O)N[C@@H](Cc3ccccc3)[C@@H](O)CN(CCC(C)(C)C)NC(=O)[C@@H](NC(=O)O)C(C)(C)C)C(C)(C)C)C2=O)n1. The number of amides is 5. The number of aliphatic hydroxyl groups is 1. The molecule has 1 aromatic heterocycles. The normalized spacial score (nSPS) is 16.3. The molecule has 0 aliphatic carbocycles. The Hall–Kier alpha value is -4.23. The molecule has 0 bridgehead atoms. The van der Waals surface area contributed by atoms with Crippen molar-refractivity contribution < 1.29 is 29.4 Å². The van der Waals surface area contributed by atoms with E-state index in [0.717, 1.165) is 17.0 Å². The Labute approximate surface area is 309 Å². The molecule has 2 heterocycles. The van der Waals surface area contributed by atoms with Gasteiger partial charge in [-0.25, -0.2) is 14.6 Å². The van der Waals surface area contributed by atoms with Gasteiger partial charge >= 0.3 is 12.1 Å². The van der Waals surface area contributed by atoms with Crippen LogP contribution in [-0.4, -0.2) is 104 Å². The van der Waals surface area contributed by atoms with Gasteiger partial charge in [-0.15, -0.1) is 0 Å². The number of benzene rings is 1. The largest absolute Gasteiger partial charge is 0.465 e. The number of nitrogens with zero attached hydrogens (tertiary/aromatic N) is 4. The van der Waals surface area contributed by atoms with Gasteiger partial charge in [0.2, 0.25) is 5.91 Å². The minimum absolute atomic E-state index is 0.0520. The first-order chi connectivity index (χ1) is 24.0. The van der Waals surface area contributed by atoms with Crippen molar-refractivity contribution in [2.45, 2.75) is 113 Å². The van der Waals surface area contributed by atoms with Gasteiger partial charge in [-0.3, -0.25) is 20.0 Å². The lowest BCUT2D eigenvalue weighted by Gasteiger charge is -2.38. The zero-order chi connectivity index (χ0) is 39.0. The first-order valence-corrected chi connectivity index (χ1v) is 18.1. The number of urea groups is 1. The standard InChI is InChI=1S/C39H61N7O6/c1-26-15-14-18-28(40-26)24-44-21-22-46(36(44)52)32(39(8,9)10)34(49)41-29(23-27-16-12-11-13-17-27)30(47)25-45(20-19-37(2,3)4)43-33(48)31(38(5,6)7)42-35(50)51/h11-18,29-32,42,47H,19-25H2,1-10H3,(H,41,49)(H,43,48)(H,50,51)/t29-,30-,31+,32+/m0/s1. The molecule has 0 unspecified atom stereocenters. The zero-order valence-corrected chi connectivity index (χ0v) is 32.7. The number of hydrazine groups is 1. The van der Waals surface area contributed by atoms with E-state index in [1.165, 1.54) is 0 Å². The summed E-state index contributed by atoms with van der Waals surface area (Å²) in [5, 5.41) is 28.4. The van der Waals surface area contributed by atoms with E-state index >= 15 is 0 Å². The summed E-state index contributed by atoms with van der Waals surface area (Å²) in [5.41, 5.74) is 3.89. The van der Waals surface area contributed by atoms with Gasteiger partial charge in [0.05, 0.1) is 24.4 Å². The molecule has 0 spiro atoms. The fourth-order valence-electron chi connectivity index (χ4n) is 6.32. The van der Waals surface area contributed by atoms with E-state index < -0.39 is 47.1 Å². The lowest BCUT2D eigenvalue weighted by Crippen LogP contribution is -2.61. The second-order valence-electron chi connectivity index (χ2n) is 17.3. The Morgan fingerprint density at radius 1 is 0.885 bits per heavy atom. The highest BCUT2D eigenvalue weighted by Gasteiger charge is 2.44. The Bertz CT molecular complexity index is 1520. The number of hydrogen-bond donors (Lipinski definition) is 5. The van der Waals surface area contributed by atoms with Crippen molar-refractivity contribution in [3.63, 3.8) is 0 Å². The number of rotatable bonds is 15. The summed E-state index contributed by atoms with van der Waals surface area (Å²) in [6.07, 6.45) is -1.54. The molecule has 52 heavy (non-hydrogen) atoms. The van der Waals surface area contributed by atoms with Crippen LogP contribution in [0.3, 0.4) is 0 Å². The molecule has 1 saturated heterocycles. The van der Waals surface area contributed by atoms with Gasteiger partial charge in [0.15, 0.2) is 0 Å². The summed E-state index contributed by atoms with van der Waals surface area (Å²) in [4.78, 5) is 61.1. The lowest BCUT2D eigenvalue weighted by atomic mass is 9.84. The van der Waals surface area contributed by atoms with Gasteiger partial charge in [-0.1, -0.05) is 98.7 Å². The summed E-state index contributed by atoms with van der Waals surface area (Å²) in [7, 11) is 0. The summed E-state index contributed by atoms with van der Waals surface area (Å²) < 4.78 is 0. The van der Waals surface area contributed by atoms with Crippen LogP contribution < -0.4 is 16.1 Å². The molecule has 288 valence electrons. The molecule has 1 fully saturated rings. The third kappa shape index (κ3) is 12.8. The van der Waals surface area contributed by atoms with Crippen molar-refractivity contribution in [2.75, 3.05) is 26.2 Å². The number of aryl methyl sites for hydroxylation is 1. The van der Waals surface area contributed by atoms with Crippen molar-refractivity contribution in [1.82, 2.24) is 35.9 Å². The predicted octanol–water partition coefficient (Wildman–Crippen LogP) is 4.58. The van der Waals surface area contributed by atoms with Crippen LogP contribution >= 0.6 is 0 Å². The highest BCUT2D eigenvalue weighted by atomic mass is 16.4. The van der Waals surface area contributed by atoms with Crippen LogP contribution in [0.15, 0.2) is 48.5 Å². The van der Waals surface area contributed by atoms with E-state index in [1.54, 1.807) is 35.6 Å². The summed E-state index contributed by atoms with van der Waals surface area (Å²) >= 11 is 0. The van der Waals surface area contributed by atoms with E-state index in [2.05, 4.69) is 41.8 Å². The summed E-state index contributed by atoms with van der Waals surface area (Å²) in [5.74, 6) is -0.939. The second-order valence-corrected chi connectivity index (χ2v) is 17.3. The number of aromatic nitrogens is 1. The van der Waals surface area contributed by atoms with E-state index in [0.29, 0.717) is 32.6 Å². The maximum atomic E-state index is 14.4. The first-order valence-electron chi connectivity index (χ1n) is 18.1. The molecule has 13 nitrogen and oxygen atoms in total. The summed E-state index contributed by atoms with van der Waals surface area (Å²) in [6, 6.07) is 12.2. The molecule has 2 aromatic rings. The Morgan fingerprint density at radius 2 is 1.54 bits per heavy atom. The van der Waals surface area contributed by atoms with Crippen LogP contribution in [0.4, 0.5) is 9.59 Å². The topological polar surface area (TPSA) is 167 Å². The molecule has 1 aliphatic heterocycles. The molecule has 0 saturated carbocycles. The second kappa shape index (κ2) is 17.5. The highest BCUT2D eigenvalue weighted by molar-refractivity contribution is 5.89. The van der Waals surface area contributed by atoms with Gasteiger partial charge in [0, 0.05) is 31.9 Å². The number of carboxylic acid groups (broad SMARTS) is 1. The smallest absolute Gasteiger partial charge is 0.405 e. The van der Waals surface area contributed by atoms with Gasteiger partial charge in [0.25, 0.3) is 5.91 Å². The lowest BCUT2D eigenvalue weighted by molar-refractivity contribution is -0.133. The molecular formula is C39H61N7O6. The van der Waals surface area contributed by atoms with Crippen LogP contribution in [0.2, 0.25) is 0 Å². The van der Waals surface area contributed by atoms with Crippen LogP contribution in [-0.2, 0) is 22.6 Å². The number of pyridine rings is 1. The number of carbonyl (C=O) groups is 4. The van der Waals surface area contributed by atoms with Gasteiger partial charge in [-0.2, -0.15) is 0 Å². The molecule has 5 N–H and O–H groups in total. The van der Waals surface area contributed by atoms with E-state index in [4.69, 9.17) is 0 Å². The average molecular weight is 724 g/mol. The number of carbonyl (C=O) groups excluding carboxylic acids is 3. The fourth-order valence-corrected chi connectivity index (χ4v) is 6.32. The fraction of sp³-hybridized carbons (Fsp3) is 0.615. The summed E-state index contributed by atoms with van der Waals surface area (Å²) in [6.45, 7) is 20.6. The third-order valence-electron chi connectivity index (χ3n) is 9.10. The molecule has 1 aromatic carbocycles. The Kier molecular flexibility index (Phi) is 14.2. The number of nitrogens with one attached hydrogen (secondary N) is 3. The average Bonchev–Trinajstić information content (AvgIpc) is 3.35. The van der Waals surface area contributed by atoms with Crippen molar-refractivity contribution in [1.29, 1.82) is 0 Å². The maximum absolute atomic E-state index is 14.4. The highest BCUT2D eigenvalue weighted by Crippen LogP contribution is 2.29. The quantitative estimate of drug-likeness (QED) is 0.167. The molecule has 5 amide bonds. The van der Waals surface area contributed by atoms with Crippen molar-refractivity contribution in [2.24, 2.45) is 16.2 Å². The molecule has 1 aliphatic rings. The first kappa shape index (κ1) is 42.2. The molecule has 0 radical (unpaired) electrons. The van der Waals surface area contributed by atoms with Crippen LogP contribution in [0.5, 0.6) is 0 Å². The van der Waals surface area contributed by atoms with Crippen LogP contribution in [0, 0.1) is 23.2 Å². The molecule has 13 heteroatoms. The van der Waals surface area contributed by atoms with Crippen molar-refractivity contribution in [3.05, 3.63) is 65.5 Å². The number of hydrogen-bond acceptors (Lipinski definition) is 7. The van der Waals surface area contributed by atoms with E-state index in [1.807, 2.05) is 76.2 Å². The molecular weight excluding hydrogens is 662 g/mol. The third-order valence-corrected chi connectivity index (χ3v) is 9.10. The molecule has 4 atom stereocenters. The Morgan fingerprint density at radius 3 is 2.10 bits per heavy atom. The molecule has 3 rings (SSSR count). The van der Waals surface area contributed by atoms with Crippen molar-refractivity contribution in [3.8, 4) is 0 Å². The van der Waals surface area contributed by atoms with Crippen LogP contribution in [0.1, 0.15) is 85.7 Å². The van der Waals surface area contributed by atoms with E-state index in [-0.39, 0.29) is 30.3 Å². The minimum atomic E-state index is -1.32. The minimum Gasteiger partial charge on any atom is -0.465 e. The Balaban J connectivity index is 1.89.